The molecule has 0 saturated carbocycles. The van der Waals surface area contributed by atoms with Crippen LogP contribution in [-0.2, 0) is 9.53 Å². The van der Waals surface area contributed by atoms with Gasteiger partial charge in [-0.3, -0.25) is 9.48 Å². The second-order valence-corrected chi connectivity index (χ2v) is 6.14. The van der Waals surface area contributed by atoms with Gasteiger partial charge in [0, 0.05) is 25.1 Å². The number of aromatic nitrogens is 2. The lowest BCUT2D eigenvalue weighted by atomic mass is 10.1. The molecule has 8 nitrogen and oxygen atoms in total. The predicted octanol–water partition coefficient (Wildman–Crippen LogP) is 2.26. The minimum Gasteiger partial charge on any atom is -0.482 e. The molecule has 8 heteroatoms. The van der Waals surface area contributed by atoms with Crippen LogP contribution in [0.1, 0.15) is 34.9 Å². The van der Waals surface area contributed by atoms with E-state index in [-0.39, 0.29) is 11.9 Å². The minimum atomic E-state index is -1.04. The third-order valence-corrected chi connectivity index (χ3v) is 4.21. The molecule has 0 spiro atoms. The predicted molar refractivity (Wildman–Crippen MR) is 93.6 cm³/mol. The Kier molecular flexibility index (Phi) is 5.52. The van der Waals surface area contributed by atoms with Crippen molar-refractivity contribution in [1.29, 1.82) is 0 Å². The van der Waals surface area contributed by atoms with Gasteiger partial charge in [-0.2, -0.15) is 5.10 Å². The monoisotopic (exact) mass is 359 g/mol. The molecule has 0 radical (unpaired) electrons. The molecular weight excluding hydrogens is 338 g/mol. The van der Waals surface area contributed by atoms with E-state index in [1.807, 2.05) is 17.8 Å². The van der Waals surface area contributed by atoms with Crippen LogP contribution in [0, 0.1) is 6.92 Å². The number of rotatable bonds is 6. The third kappa shape index (κ3) is 4.40. The summed E-state index contributed by atoms with van der Waals surface area (Å²) in [5, 5.41) is 15.9. The zero-order valence-corrected chi connectivity index (χ0v) is 14.5. The van der Waals surface area contributed by atoms with Crippen molar-refractivity contribution in [3.05, 3.63) is 41.7 Å². The largest absolute Gasteiger partial charge is 0.482 e. The number of amides is 1. The van der Waals surface area contributed by atoms with E-state index in [0.29, 0.717) is 30.3 Å². The fraction of sp³-hybridized carbons (Fsp3) is 0.389. The van der Waals surface area contributed by atoms with Crippen LogP contribution in [0.25, 0.3) is 0 Å². The highest BCUT2D eigenvalue weighted by Gasteiger charge is 2.18. The van der Waals surface area contributed by atoms with Gasteiger partial charge >= 0.3 is 5.97 Å². The number of aliphatic carboxylic acids is 1. The maximum atomic E-state index is 12.4. The molecule has 0 atom stereocenters. The number of ether oxygens (including phenoxy) is 2. The third-order valence-electron chi connectivity index (χ3n) is 4.21. The Morgan fingerprint density at radius 3 is 2.81 bits per heavy atom. The molecule has 2 aromatic rings. The van der Waals surface area contributed by atoms with Crippen molar-refractivity contribution in [3.63, 3.8) is 0 Å². The number of carbonyl (C=O) groups excluding carboxylic acids is 1. The van der Waals surface area contributed by atoms with E-state index in [2.05, 4.69) is 10.4 Å². The maximum absolute atomic E-state index is 12.4. The van der Waals surface area contributed by atoms with Crippen molar-refractivity contribution in [2.45, 2.75) is 25.8 Å². The summed E-state index contributed by atoms with van der Waals surface area (Å²) in [5.41, 5.74) is 1.74. The SMILES string of the molecule is Cc1cc(OCC(=O)O)ccc1NC(=O)c1ccn(C2CCOCC2)n1. The first-order chi connectivity index (χ1) is 12.5. The van der Waals surface area contributed by atoms with Crippen LogP contribution in [0.15, 0.2) is 30.5 Å². The van der Waals surface area contributed by atoms with Crippen LogP contribution in [0.3, 0.4) is 0 Å². The number of carbonyl (C=O) groups is 2. The van der Waals surface area contributed by atoms with Crippen LogP contribution in [-0.4, -0.2) is 46.6 Å². The number of anilines is 1. The number of benzene rings is 1. The van der Waals surface area contributed by atoms with Crippen molar-refractivity contribution in [2.24, 2.45) is 0 Å². The molecule has 3 rings (SSSR count). The van der Waals surface area contributed by atoms with Crippen molar-refractivity contribution >= 4 is 17.6 Å². The Hall–Kier alpha value is -2.87. The van der Waals surface area contributed by atoms with Crippen molar-refractivity contribution in [1.82, 2.24) is 9.78 Å². The summed E-state index contributed by atoms with van der Waals surface area (Å²) in [4.78, 5) is 23.0. The zero-order chi connectivity index (χ0) is 18.5. The van der Waals surface area contributed by atoms with Gasteiger partial charge in [0.1, 0.15) is 5.75 Å². The summed E-state index contributed by atoms with van der Waals surface area (Å²) in [6, 6.07) is 6.94. The molecule has 0 bridgehead atoms. The summed E-state index contributed by atoms with van der Waals surface area (Å²) in [6.45, 7) is 2.82. The van der Waals surface area contributed by atoms with Crippen LogP contribution < -0.4 is 10.1 Å². The summed E-state index contributed by atoms with van der Waals surface area (Å²) in [6.07, 6.45) is 3.60. The average molecular weight is 359 g/mol. The molecule has 2 N–H and O–H groups in total. The standard InChI is InChI=1S/C18H21N3O5/c1-12-10-14(26-11-17(22)23)2-3-15(12)19-18(24)16-4-7-21(20-16)13-5-8-25-9-6-13/h2-4,7,10,13H,5-6,8-9,11H2,1H3,(H,19,24)(H,22,23). The lowest BCUT2D eigenvalue weighted by molar-refractivity contribution is -0.139. The van der Waals surface area contributed by atoms with Crippen LogP contribution >= 0.6 is 0 Å². The molecule has 0 unspecified atom stereocenters. The molecule has 1 saturated heterocycles. The molecule has 26 heavy (non-hydrogen) atoms. The molecule has 138 valence electrons. The fourth-order valence-electron chi connectivity index (χ4n) is 2.81. The highest BCUT2D eigenvalue weighted by molar-refractivity contribution is 6.03. The number of carboxylic acids is 1. The van der Waals surface area contributed by atoms with E-state index in [4.69, 9.17) is 14.6 Å². The number of carboxylic acid groups (broad SMARTS) is 1. The highest BCUT2D eigenvalue weighted by Crippen LogP contribution is 2.23. The van der Waals surface area contributed by atoms with Crippen LogP contribution in [0.2, 0.25) is 0 Å². The van der Waals surface area contributed by atoms with Gasteiger partial charge < -0.3 is 19.9 Å². The summed E-state index contributed by atoms with van der Waals surface area (Å²) >= 11 is 0. The Morgan fingerprint density at radius 1 is 1.35 bits per heavy atom. The van der Waals surface area contributed by atoms with E-state index in [0.717, 1.165) is 18.4 Å². The van der Waals surface area contributed by atoms with Crippen LogP contribution in [0.4, 0.5) is 5.69 Å². The summed E-state index contributed by atoms with van der Waals surface area (Å²) in [5.74, 6) is -0.898. The Labute approximate surface area is 150 Å². The van der Waals surface area contributed by atoms with Gasteiger partial charge in [-0.1, -0.05) is 0 Å². The van der Waals surface area contributed by atoms with Gasteiger partial charge in [0.05, 0.1) is 6.04 Å². The Morgan fingerprint density at radius 2 is 2.12 bits per heavy atom. The second kappa shape index (κ2) is 8.01. The van der Waals surface area contributed by atoms with Crippen molar-refractivity contribution in [2.75, 3.05) is 25.1 Å². The van der Waals surface area contributed by atoms with E-state index in [1.165, 1.54) is 0 Å². The number of hydrogen-bond acceptors (Lipinski definition) is 5. The van der Waals surface area contributed by atoms with E-state index in [1.54, 1.807) is 24.3 Å². The molecule has 1 aromatic carbocycles. The van der Waals surface area contributed by atoms with Gasteiger partial charge in [-0.15, -0.1) is 0 Å². The first kappa shape index (κ1) is 17.9. The smallest absolute Gasteiger partial charge is 0.341 e. The lowest BCUT2D eigenvalue weighted by Gasteiger charge is -2.22. The topological polar surface area (TPSA) is 103 Å². The molecule has 1 aromatic heterocycles. The average Bonchev–Trinajstić information content (AvgIpc) is 3.13. The zero-order valence-electron chi connectivity index (χ0n) is 14.5. The van der Waals surface area contributed by atoms with Gasteiger partial charge in [0.15, 0.2) is 12.3 Å². The fourth-order valence-corrected chi connectivity index (χ4v) is 2.81. The highest BCUT2D eigenvalue weighted by atomic mass is 16.5. The molecule has 1 amide bonds. The van der Waals surface area contributed by atoms with Crippen molar-refractivity contribution in [3.8, 4) is 5.75 Å². The van der Waals surface area contributed by atoms with Crippen LogP contribution in [0.5, 0.6) is 5.75 Å². The molecule has 1 fully saturated rings. The number of hydrogen-bond donors (Lipinski definition) is 2. The number of nitrogens with one attached hydrogen (secondary N) is 1. The molecule has 1 aliphatic heterocycles. The van der Waals surface area contributed by atoms with Gasteiger partial charge in [-0.05, 0) is 49.6 Å². The second-order valence-electron chi connectivity index (χ2n) is 6.14. The number of aryl methyl sites for hydroxylation is 1. The van der Waals surface area contributed by atoms with Crippen molar-refractivity contribution < 1.29 is 24.2 Å². The van der Waals surface area contributed by atoms with E-state index < -0.39 is 12.6 Å². The first-order valence-electron chi connectivity index (χ1n) is 8.42. The lowest BCUT2D eigenvalue weighted by Crippen LogP contribution is -2.21. The van der Waals surface area contributed by atoms with Gasteiger partial charge in [0.25, 0.3) is 5.91 Å². The van der Waals surface area contributed by atoms with Gasteiger partial charge in [0.2, 0.25) is 0 Å². The maximum Gasteiger partial charge on any atom is 0.341 e. The molecule has 1 aliphatic rings. The Balaban J connectivity index is 1.64. The van der Waals surface area contributed by atoms with Gasteiger partial charge in [-0.25, -0.2) is 4.79 Å². The summed E-state index contributed by atoms with van der Waals surface area (Å²) in [7, 11) is 0. The first-order valence-corrected chi connectivity index (χ1v) is 8.42. The quantitative estimate of drug-likeness (QED) is 0.820. The van der Waals surface area contributed by atoms with E-state index in [9.17, 15) is 9.59 Å². The number of nitrogens with zero attached hydrogens (tertiary/aromatic N) is 2. The summed E-state index contributed by atoms with van der Waals surface area (Å²) < 4.78 is 12.3. The Bertz CT molecular complexity index is 796. The molecule has 2 heterocycles. The normalized spacial score (nSPS) is 14.8. The molecule has 0 aliphatic carbocycles. The van der Waals surface area contributed by atoms with E-state index >= 15 is 0 Å². The minimum absolute atomic E-state index is 0.262. The molecular formula is C18H21N3O5.